The van der Waals surface area contributed by atoms with Gasteiger partial charge in [-0.3, -0.25) is 0 Å². The van der Waals surface area contributed by atoms with Crippen molar-refractivity contribution in [2.45, 2.75) is 12.8 Å². The number of hydrogen-bond donors (Lipinski definition) is 0. The van der Waals surface area contributed by atoms with Gasteiger partial charge in [-0.1, -0.05) is 58.4 Å². The van der Waals surface area contributed by atoms with E-state index in [0.717, 1.165) is 17.3 Å². The Bertz CT molecular complexity index is 828. The van der Waals surface area contributed by atoms with Gasteiger partial charge < -0.3 is 0 Å². The van der Waals surface area contributed by atoms with Gasteiger partial charge in [-0.15, -0.1) is 0 Å². The Hall–Kier alpha value is -1.60. The van der Waals surface area contributed by atoms with E-state index in [4.69, 9.17) is 0 Å². The number of hydrogen-bond acceptors (Lipinski definition) is 0. The summed E-state index contributed by atoms with van der Waals surface area (Å²) in [6.45, 7) is 0. The molecule has 1 aliphatic rings. The van der Waals surface area contributed by atoms with E-state index in [9.17, 15) is 0 Å². The van der Waals surface area contributed by atoms with Crippen molar-refractivity contribution < 1.29 is 0 Å². The van der Waals surface area contributed by atoms with E-state index in [-0.39, 0.29) is 0 Å². The summed E-state index contributed by atoms with van der Waals surface area (Å²) >= 11 is 3.60. The Labute approximate surface area is 120 Å². The lowest BCUT2D eigenvalue weighted by atomic mass is 9.87. The number of fused-ring (bicyclic) bond motifs is 6. The minimum atomic E-state index is 1.15. The summed E-state index contributed by atoms with van der Waals surface area (Å²) in [5.74, 6) is 0. The third kappa shape index (κ3) is 1.65. The third-order valence-electron chi connectivity index (χ3n) is 3.98. The highest BCUT2D eigenvalue weighted by atomic mass is 79.9. The Morgan fingerprint density at radius 3 is 2.58 bits per heavy atom. The van der Waals surface area contributed by atoms with Gasteiger partial charge >= 0.3 is 0 Å². The maximum Gasteiger partial charge on any atom is 0.0181 e. The van der Waals surface area contributed by atoms with Crippen molar-refractivity contribution in [1.29, 1.82) is 0 Å². The zero-order valence-corrected chi connectivity index (χ0v) is 12.1. The fourth-order valence-electron chi connectivity index (χ4n) is 3.15. The smallest absolute Gasteiger partial charge is 0.0181 e. The Morgan fingerprint density at radius 1 is 0.842 bits per heavy atom. The minimum absolute atomic E-state index is 1.15. The van der Waals surface area contributed by atoms with Gasteiger partial charge in [0, 0.05) is 4.47 Å². The first-order valence-electron chi connectivity index (χ1n) is 6.64. The van der Waals surface area contributed by atoms with Crippen molar-refractivity contribution in [3.8, 4) is 0 Å². The molecular formula is C18H13Br. The Balaban J connectivity index is 2.31. The summed E-state index contributed by atoms with van der Waals surface area (Å²) in [5.41, 5.74) is 2.92. The van der Waals surface area contributed by atoms with Crippen LogP contribution in [0.3, 0.4) is 0 Å². The van der Waals surface area contributed by atoms with E-state index in [0.29, 0.717) is 0 Å². The Kier molecular flexibility index (Phi) is 2.49. The lowest BCUT2D eigenvalue weighted by molar-refractivity contribution is 1.00. The van der Waals surface area contributed by atoms with Crippen LogP contribution in [-0.4, -0.2) is 0 Å². The number of rotatable bonds is 0. The highest BCUT2D eigenvalue weighted by Gasteiger charge is 2.14. The molecule has 1 aliphatic carbocycles. The normalized spacial score (nSPS) is 13.9. The molecule has 0 bridgehead atoms. The molecule has 0 heterocycles. The predicted molar refractivity (Wildman–Crippen MR) is 86.5 cm³/mol. The van der Waals surface area contributed by atoms with E-state index in [1.54, 1.807) is 0 Å². The summed E-state index contributed by atoms with van der Waals surface area (Å²) < 4.78 is 1.15. The predicted octanol–water partition coefficient (Wildman–Crippen LogP) is 5.71. The molecule has 3 aromatic carbocycles. The molecule has 0 unspecified atom stereocenters. The number of benzene rings is 3. The van der Waals surface area contributed by atoms with Crippen LogP contribution in [0.25, 0.3) is 27.6 Å². The molecule has 0 saturated heterocycles. The third-order valence-corrected chi connectivity index (χ3v) is 4.48. The monoisotopic (exact) mass is 308 g/mol. The molecule has 19 heavy (non-hydrogen) atoms. The van der Waals surface area contributed by atoms with Crippen LogP contribution in [0.5, 0.6) is 0 Å². The maximum absolute atomic E-state index is 3.60. The zero-order chi connectivity index (χ0) is 12.8. The largest absolute Gasteiger partial charge is 0.0836 e. The van der Waals surface area contributed by atoms with Gasteiger partial charge in [0.05, 0.1) is 0 Å². The molecule has 0 N–H and O–H groups in total. The first-order chi connectivity index (χ1) is 9.34. The summed E-state index contributed by atoms with van der Waals surface area (Å²) in [4.78, 5) is 0. The van der Waals surface area contributed by atoms with E-state index < -0.39 is 0 Å². The van der Waals surface area contributed by atoms with Crippen molar-refractivity contribution in [1.82, 2.24) is 0 Å². The van der Waals surface area contributed by atoms with Crippen LogP contribution in [-0.2, 0) is 6.42 Å². The topological polar surface area (TPSA) is 0 Å². The standard InChI is InChI=1S/C18H13Br/c19-12-9-10-17-15-7-2-1-5-13(15)14-6-3-4-8-16(14)18(17)11-12/h1,3-6,8-11H,2,7H2. The summed E-state index contributed by atoms with van der Waals surface area (Å²) in [6, 6.07) is 15.4. The molecule has 3 aromatic rings. The van der Waals surface area contributed by atoms with Crippen molar-refractivity contribution in [3.63, 3.8) is 0 Å². The first-order valence-corrected chi connectivity index (χ1v) is 7.43. The van der Waals surface area contributed by atoms with Crippen LogP contribution < -0.4 is 0 Å². The summed E-state index contributed by atoms with van der Waals surface area (Å²) in [6.07, 6.45) is 6.88. The van der Waals surface area contributed by atoms with Crippen LogP contribution in [0, 0.1) is 0 Å². The van der Waals surface area contributed by atoms with Crippen LogP contribution in [0.2, 0.25) is 0 Å². The van der Waals surface area contributed by atoms with Crippen molar-refractivity contribution in [3.05, 3.63) is 64.1 Å². The average Bonchev–Trinajstić information content (AvgIpc) is 2.47. The number of aryl methyl sites for hydroxylation is 1. The lowest BCUT2D eigenvalue weighted by Gasteiger charge is -2.17. The van der Waals surface area contributed by atoms with Gasteiger partial charge in [0.2, 0.25) is 0 Å². The molecule has 0 spiro atoms. The second-order valence-corrected chi connectivity index (χ2v) is 5.98. The minimum Gasteiger partial charge on any atom is -0.0836 e. The Morgan fingerprint density at radius 2 is 1.68 bits per heavy atom. The highest BCUT2D eigenvalue weighted by Crippen LogP contribution is 2.37. The average molecular weight is 309 g/mol. The molecule has 0 saturated carbocycles. The SMILES string of the molecule is Brc1ccc2c3c(c4ccccc4c2c1)C=CCC3. The second kappa shape index (κ2) is 4.21. The zero-order valence-electron chi connectivity index (χ0n) is 10.5. The van der Waals surface area contributed by atoms with Gasteiger partial charge in [0.25, 0.3) is 0 Å². The van der Waals surface area contributed by atoms with E-state index in [2.05, 4.69) is 70.5 Å². The van der Waals surface area contributed by atoms with Gasteiger partial charge in [0.1, 0.15) is 0 Å². The van der Waals surface area contributed by atoms with Crippen LogP contribution in [0.1, 0.15) is 17.5 Å². The quantitative estimate of drug-likeness (QED) is 0.466. The molecule has 0 fully saturated rings. The van der Waals surface area contributed by atoms with E-state index >= 15 is 0 Å². The molecule has 4 rings (SSSR count). The second-order valence-electron chi connectivity index (χ2n) is 5.07. The van der Waals surface area contributed by atoms with E-state index in [1.807, 2.05) is 0 Å². The first kappa shape index (κ1) is 11.2. The van der Waals surface area contributed by atoms with Gasteiger partial charge in [0.15, 0.2) is 0 Å². The van der Waals surface area contributed by atoms with Crippen LogP contribution in [0.15, 0.2) is 53.0 Å². The molecule has 0 aliphatic heterocycles. The fraction of sp³-hybridized carbons (Fsp3) is 0.111. The molecule has 92 valence electrons. The molecule has 0 aromatic heterocycles. The molecule has 1 heteroatoms. The number of halogens is 1. The van der Waals surface area contributed by atoms with Crippen molar-refractivity contribution in [2.24, 2.45) is 0 Å². The van der Waals surface area contributed by atoms with E-state index in [1.165, 1.54) is 32.7 Å². The molecule has 0 radical (unpaired) electrons. The molecule has 0 nitrogen and oxygen atoms in total. The van der Waals surface area contributed by atoms with Gasteiger partial charge in [-0.25, -0.2) is 0 Å². The van der Waals surface area contributed by atoms with Gasteiger partial charge in [-0.2, -0.15) is 0 Å². The lowest BCUT2D eigenvalue weighted by Crippen LogP contribution is -1.97. The van der Waals surface area contributed by atoms with Crippen molar-refractivity contribution in [2.75, 3.05) is 0 Å². The summed E-state index contributed by atoms with van der Waals surface area (Å²) in [7, 11) is 0. The molecule has 0 atom stereocenters. The maximum atomic E-state index is 3.60. The molecule has 0 amide bonds. The number of allylic oxidation sites excluding steroid dienone is 1. The summed E-state index contributed by atoms with van der Waals surface area (Å²) in [5, 5.41) is 5.49. The van der Waals surface area contributed by atoms with Crippen LogP contribution in [0.4, 0.5) is 0 Å². The highest BCUT2D eigenvalue weighted by molar-refractivity contribution is 9.10. The van der Waals surface area contributed by atoms with Gasteiger partial charge in [-0.05, 0) is 57.6 Å². The molecular weight excluding hydrogens is 296 g/mol. The van der Waals surface area contributed by atoms with Crippen LogP contribution >= 0.6 is 15.9 Å². The van der Waals surface area contributed by atoms with Crippen molar-refractivity contribution >= 4 is 43.6 Å². The fourth-order valence-corrected chi connectivity index (χ4v) is 3.51.